The van der Waals surface area contributed by atoms with E-state index in [0.29, 0.717) is 12.2 Å². The molecule has 0 aliphatic carbocycles. The molecule has 2 N–H and O–H groups in total. The number of nitrogens with zero attached hydrogens (tertiary/aromatic N) is 1. The van der Waals surface area contributed by atoms with Gasteiger partial charge in [0.25, 0.3) is 5.91 Å². The van der Waals surface area contributed by atoms with E-state index < -0.39 is 0 Å². The molecule has 0 saturated carbocycles. The fraction of sp³-hybridized carbons (Fsp3) is 0.158. The zero-order chi connectivity index (χ0) is 17.6. The summed E-state index contributed by atoms with van der Waals surface area (Å²) in [4.78, 5) is 17.8. The zero-order valence-corrected chi connectivity index (χ0v) is 14.5. The van der Waals surface area contributed by atoms with Gasteiger partial charge in [-0.3, -0.25) is 9.78 Å². The third kappa shape index (κ3) is 4.23. The number of amides is 1. The summed E-state index contributed by atoms with van der Waals surface area (Å²) in [6, 6.07) is 14.0. The van der Waals surface area contributed by atoms with Crippen LogP contribution in [0.15, 0.2) is 60.1 Å². The number of aromatic hydroxyl groups is 1. The number of methoxy groups -OCH3 is 1. The van der Waals surface area contributed by atoms with Gasteiger partial charge in [-0.05, 0) is 41.3 Å². The first kappa shape index (κ1) is 17.1. The Hall–Kier alpha value is -2.70. The Balaban J connectivity index is 1.84. The topological polar surface area (TPSA) is 71.5 Å². The van der Waals surface area contributed by atoms with Crippen molar-refractivity contribution in [3.63, 3.8) is 0 Å². The summed E-state index contributed by atoms with van der Waals surface area (Å²) in [5.74, 6) is -0.0582. The second-order valence-corrected chi connectivity index (χ2v) is 6.47. The maximum atomic E-state index is 12.6. The maximum absolute atomic E-state index is 12.6. The molecule has 5 nitrogen and oxygen atoms in total. The van der Waals surface area contributed by atoms with Gasteiger partial charge in [-0.15, -0.1) is 11.3 Å². The quantitative estimate of drug-likeness (QED) is 0.710. The standard InChI is InChI=1S/C19H18N2O3S/c1-24-12-15-8-7-14(11-20-15)19(23)21-18(17-6-3-9-25-17)13-4-2-5-16(22)10-13/h2-11,18,22H,12H2,1H3,(H,21,23). The van der Waals surface area contributed by atoms with Gasteiger partial charge in [0.05, 0.1) is 23.9 Å². The molecule has 2 heterocycles. The van der Waals surface area contributed by atoms with E-state index in [2.05, 4.69) is 10.3 Å². The molecule has 0 radical (unpaired) electrons. The monoisotopic (exact) mass is 354 g/mol. The van der Waals surface area contributed by atoms with Crippen molar-refractivity contribution in [3.8, 4) is 5.75 Å². The number of pyridine rings is 1. The van der Waals surface area contributed by atoms with E-state index in [1.165, 1.54) is 6.20 Å². The number of benzene rings is 1. The van der Waals surface area contributed by atoms with Gasteiger partial charge in [0.2, 0.25) is 0 Å². The van der Waals surface area contributed by atoms with Crippen LogP contribution in [0, 0.1) is 0 Å². The summed E-state index contributed by atoms with van der Waals surface area (Å²) in [6.07, 6.45) is 1.54. The van der Waals surface area contributed by atoms with Gasteiger partial charge in [0.1, 0.15) is 5.75 Å². The number of hydrogen-bond donors (Lipinski definition) is 2. The Bertz CT molecular complexity index is 832. The molecule has 3 aromatic rings. The first-order valence-electron chi connectivity index (χ1n) is 7.74. The van der Waals surface area contributed by atoms with Crippen molar-refractivity contribution in [1.29, 1.82) is 0 Å². The van der Waals surface area contributed by atoms with Gasteiger partial charge in [-0.2, -0.15) is 0 Å². The molecule has 0 bridgehead atoms. The van der Waals surface area contributed by atoms with Gasteiger partial charge < -0.3 is 15.2 Å². The molecule has 128 valence electrons. The number of carbonyl (C=O) groups is 1. The molecule has 0 aliphatic rings. The largest absolute Gasteiger partial charge is 0.508 e. The van der Waals surface area contributed by atoms with Crippen LogP contribution in [0.2, 0.25) is 0 Å². The number of carbonyl (C=O) groups excluding carboxylic acids is 1. The van der Waals surface area contributed by atoms with E-state index in [1.54, 1.807) is 48.8 Å². The molecular weight excluding hydrogens is 336 g/mol. The van der Waals surface area contributed by atoms with Crippen LogP contribution in [0.5, 0.6) is 5.75 Å². The lowest BCUT2D eigenvalue weighted by molar-refractivity contribution is 0.0943. The third-order valence-corrected chi connectivity index (χ3v) is 4.62. The Morgan fingerprint density at radius 2 is 2.16 bits per heavy atom. The van der Waals surface area contributed by atoms with Crippen molar-refractivity contribution in [3.05, 3.63) is 81.8 Å². The highest BCUT2D eigenvalue weighted by molar-refractivity contribution is 7.10. The first-order valence-corrected chi connectivity index (χ1v) is 8.62. The molecule has 6 heteroatoms. The molecule has 1 unspecified atom stereocenters. The lowest BCUT2D eigenvalue weighted by atomic mass is 10.0. The van der Waals surface area contributed by atoms with E-state index in [1.807, 2.05) is 23.6 Å². The molecule has 0 saturated heterocycles. The number of nitrogens with one attached hydrogen (secondary N) is 1. The Kier molecular flexibility index (Phi) is 5.42. The van der Waals surface area contributed by atoms with Crippen molar-refractivity contribution in [2.45, 2.75) is 12.6 Å². The van der Waals surface area contributed by atoms with E-state index in [-0.39, 0.29) is 17.7 Å². The maximum Gasteiger partial charge on any atom is 0.253 e. The van der Waals surface area contributed by atoms with Crippen LogP contribution in [0.25, 0.3) is 0 Å². The van der Waals surface area contributed by atoms with Gasteiger partial charge in [0, 0.05) is 18.2 Å². The fourth-order valence-corrected chi connectivity index (χ4v) is 3.29. The second-order valence-electron chi connectivity index (χ2n) is 5.49. The minimum absolute atomic E-state index is 0.166. The third-order valence-electron chi connectivity index (χ3n) is 3.69. The average Bonchev–Trinajstić information content (AvgIpc) is 3.14. The summed E-state index contributed by atoms with van der Waals surface area (Å²) in [7, 11) is 1.60. The van der Waals surface area contributed by atoms with Crippen molar-refractivity contribution in [1.82, 2.24) is 10.3 Å². The lowest BCUT2D eigenvalue weighted by Crippen LogP contribution is -2.29. The predicted octanol–water partition coefficient (Wildman–Crippen LogP) is 3.51. The zero-order valence-electron chi connectivity index (χ0n) is 13.7. The van der Waals surface area contributed by atoms with Crippen molar-refractivity contribution in [2.75, 3.05) is 7.11 Å². The molecule has 3 rings (SSSR count). The molecular formula is C19H18N2O3S. The molecule has 0 fully saturated rings. The first-order chi connectivity index (χ1) is 12.2. The van der Waals surface area contributed by atoms with Gasteiger partial charge in [-0.1, -0.05) is 18.2 Å². The SMILES string of the molecule is COCc1ccc(C(=O)NC(c2cccc(O)c2)c2cccs2)cn1. The van der Waals surface area contributed by atoms with E-state index in [9.17, 15) is 9.90 Å². The minimum atomic E-state index is -0.335. The van der Waals surface area contributed by atoms with Gasteiger partial charge >= 0.3 is 0 Å². The number of thiophene rings is 1. The van der Waals surface area contributed by atoms with E-state index >= 15 is 0 Å². The highest BCUT2D eigenvalue weighted by atomic mass is 32.1. The highest BCUT2D eigenvalue weighted by Crippen LogP contribution is 2.28. The molecule has 1 atom stereocenters. The number of hydrogen-bond acceptors (Lipinski definition) is 5. The normalized spacial score (nSPS) is 11.9. The molecule has 0 spiro atoms. The summed E-state index contributed by atoms with van der Waals surface area (Å²) in [6.45, 7) is 0.406. The Morgan fingerprint density at radius 1 is 1.28 bits per heavy atom. The number of phenolic OH excluding ortho intramolecular Hbond substituents is 1. The summed E-state index contributed by atoms with van der Waals surface area (Å²) >= 11 is 1.55. The number of ether oxygens (including phenoxy) is 1. The van der Waals surface area contributed by atoms with Crippen molar-refractivity contribution < 1.29 is 14.6 Å². The second kappa shape index (κ2) is 7.92. The van der Waals surface area contributed by atoms with Crippen LogP contribution in [-0.2, 0) is 11.3 Å². The van der Waals surface area contributed by atoms with Crippen LogP contribution in [-0.4, -0.2) is 23.1 Å². The molecule has 0 aliphatic heterocycles. The van der Waals surface area contributed by atoms with Crippen LogP contribution in [0.1, 0.15) is 32.5 Å². The number of rotatable bonds is 6. The molecule has 1 aromatic carbocycles. The number of phenols is 1. The average molecular weight is 354 g/mol. The highest BCUT2D eigenvalue weighted by Gasteiger charge is 2.19. The molecule has 1 amide bonds. The number of aromatic nitrogens is 1. The van der Waals surface area contributed by atoms with Crippen LogP contribution < -0.4 is 5.32 Å². The summed E-state index contributed by atoms with van der Waals surface area (Å²) in [5.41, 5.74) is 2.06. The van der Waals surface area contributed by atoms with Gasteiger partial charge in [-0.25, -0.2) is 0 Å². The smallest absolute Gasteiger partial charge is 0.253 e. The van der Waals surface area contributed by atoms with Crippen LogP contribution in [0.3, 0.4) is 0 Å². The lowest BCUT2D eigenvalue weighted by Gasteiger charge is -2.18. The predicted molar refractivity (Wildman–Crippen MR) is 96.7 cm³/mol. The minimum Gasteiger partial charge on any atom is -0.508 e. The molecule has 2 aromatic heterocycles. The van der Waals surface area contributed by atoms with E-state index in [0.717, 1.165) is 16.1 Å². The van der Waals surface area contributed by atoms with Crippen molar-refractivity contribution in [2.24, 2.45) is 0 Å². The van der Waals surface area contributed by atoms with Gasteiger partial charge in [0.15, 0.2) is 0 Å². The van der Waals surface area contributed by atoms with Crippen LogP contribution in [0.4, 0.5) is 0 Å². The molecule has 25 heavy (non-hydrogen) atoms. The Labute approximate surface area is 149 Å². The van der Waals surface area contributed by atoms with E-state index in [4.69, 9.17) is 4.74 Å². The van der Waals surface area contributed by atoms with Crippen LogP contribution >= 0.6 is 11.3 Å². The van der Waals surface area contributed by atoms with Crippen molar-refractivity contribution >= 4 is 17.2 Å². The Morgan fingerprint density at radius 3 is 2.80 bits per heavy atom. The summed E-state index contributed by atoms with van der Waals surface area (Å²) < 4.78 is 5.03. The summed E-state index contributed by atoms with van der Waals surface area (Å²) in [5, 5.41) is 14.7. The fourth-order valence-electron chi connectivity index (χ4n) is 2.49.